The van der Waals surface area contributed by atoms with Crippen LogP contribution in [0.4, 0.5) is 0 Å². The van der Waals surface area contributed by atoms with Gasteiger partial charge in [0, 0.05) is 36.9 Å². The van der Waals surface area contributed by atoms with Crippen molar-refractivity contribution in [3.05, 3.63) is 93.8 Å². The maximum atomic E-state index is 14.0. The van der Waals surface area contributed by atoms with Crippen LogP contribution in [0.1, 0.15) is 57.8 Å². The van der Waals surface area contributed by atoms with Crippen molar-refractivity contribution < 1.29 is 9.53 Å². The van der Waals surface area contributed by atoms with E-state index in [2.05, 4.69) is 91.8 Å². The van der Waals surface area contributed by atoms with Gasteiger partial charge in [0.2, 0.25) is 0 Å². The highest BCUT2D eigenvalue weighted by Gasteiger charge is 2.25. The van der Waals surface area contributed by atoms with Crippen LogP contribution in [0, 0.1) is 27.7 Å². The number of rotatable bonds is 7. The Bertz CT molecular complexity index is 1460. The summed E-state index contributed by atoms with van der Waals surface area (Å²) in [6.45, 7) is 17.2. The summed E-state index contributed by atoms with van der Waals surface area (Å²) in [4.78, 5) is 23.5. The Kier molecular flexibility index (Phi) is 7.87. The van der Waals surface area contributed by atoms with Crippen LogP contribution in [-0.4, -0.2) is 57.6 Å². The number of carbonyl (C=O) groups is 1. The van der Waals surface area contributed by atoms with Gasteiger partial charge in [-0.05, 0) is 82.5 Å². The third-order valence-corrected chi connectivity index (χ3v) is 7.68. The number of hydrogen-bond donors (Lipinski definition) is 0. The highest BCUT2D eigenvalue weighted by molar-refractivity contribution is 5.97. The second-order valence-electron chi connectivity index (χ2n) is 11.2. The van der Waals surface area contributed by atoms with Crippen molar-refractivity contribution in [1.29, 1.82) is 0 Å². The fraction of sp³-hybridized carbons (Fsp3) is 0.394. The van der Waals surface area contributed by atoms with Crippen LogP contribution in [0.2, 0.25) is 0 Å². The third kappa shape index (κ3) is 5.77. The van der Waals surface area contributed by atoms with Gasteiger partial charge in [0.25, 0.3) is 5.91 Å². The Morgan fingerprint density at radius 2 is 1.59 bits per heavy atom. The fourth-order valence-corrected chi connectivity index (χ4v) is 5.68. The molecule has 3 aromatic carbocycles. The van der Waals surface area contributed by atoms with Gasteiger partial charge >= 0.3 is 0 Å². The minimum Gasteiger partial charge on any atom is -0.379 e. The molecule has 0 bridgehead atoms. The normalized spacial score (nSPS) is 14.3. The first-order valence-corrected chi connectivity index (χ1v) is 14.0. The lowest BCUT2D eigenvalue weighted by Crippen LogP contribution is -2.38. The first-order valence-electron chi connectivity index (χ1n) is 14.0. The molecule has 1 aliphatic heterocycles. The number of aryl methyl sites for hydroxylation is 4. The highest BCUT2D eigenvalue weighted by Crippen LogP contribution is 2.27. The molecule has 1 saturated heterocycles. The van der Waals surface area contributed by atoms with E-state index in [9.17, 15) is 4.79 Å². The Balaban J connectivity index is 1.56. The third-order valence-electron chi connectivity index (χ3n) is 7.68. The number of fused-ring (bicyclic) bond motifs is 1. The molecule has 39 heavy (non-hydrogen) atoms. The average Bonchev–Trinajstić information content (AvgIpc) is 3.24. The molecule has 6 nitrogen and oxygen atoms in total. The molecule has 204 valence electrons. The Morgan fingerprint density at radius 3 is 2.23 bits per heavy atom. The average molecular weight is 525 g/mol. The molecule has 2 heterocycles. The number of ether oxygens (including phenoxy) is 1. The van der Waals surface area contributed by atoms with Gasteiger partial charge in [0.15, 0.2) is 0 Å². The van der Waals surface area contributed by atoms with Crippen molar-refractivity contribution in [2.75, 3.05) is 26.3 Å². The quantitative estimate of drug-likeness (QED) is 0.291. The van der Waals surface area contributed by atoms with Gasteiger partial charge in [-0.2, -0.15) is 0 Å². The smallest absolute Gasteiger partial charge is 0.255 e. The number of nitrogens with zero attached hydrogens (tertiary/aromatic N) is 4. The topological polar surface area (TPSA) is 50.6 Å². The molecule has 1 amide bonds. The molecule has 6 heteroatoms. The van der Waals surface area contributed by atoms with Crippen molar-refractivity contribution in [1.82, 2.24) is 19.4 Å². The maximum Gasteiger partial charge on any atom is 0.255 e. The number of morpholine rings is 1. The summed E-state index contributed by atoms with van der Waals surface area (Å²) in [6, 6.07) is 19.3. The number of benzene rings is 3. The monoisotopic (exact) mass is 524 g/mol. The van der Waals surface area contributed by atoms with Gasteiger partial charge in [-0.25, -0.2) is 4.98 Å². The van der Waals surface area contributed by atoms with Gasteiger partial charge in [-0.1, -0.05) is 41.5 Å². The molecule has 0 aliphatic carbocycles. The first kappa shape index (κ1) is 27.1. The molecule has 0 atom stereocenters. The van der Waals surface area contributed by atoms with Crippen molar-refractivity contribution in [3.63, 3.8) is 0 Å². The summed E-state index contributed by atoms with van der Waals surface area (Å²) >= 11 is 0. The molecule has 1 fully saturated rings. The van der Waals surface area contributed by atoms with Crippen LogP contribution in [0.25, 0.3) is 16.7 Å². The number of imidazole rings is 1. The van der Waals surface area contributed by atoms with E-state index in [1.54, 1.807) is 0 Å². The molecule has 0 radical (unpaired) electrons. The van der Waals surface area contributed by atoms with Crippen LogP contribution in [0.15, 0.2) is 54.6 Å². The van der Waals surface area contributed by atoms with Crippen molar-refractivity contribution >= 4 is 16.9 Å². The zero-order valence-corrected chi connectivity index (χ0v) is 24.1. The van der Waals surface area contributed by atoms with Gasteiger partial charge in [0.1, 0.15) is 5.82 Å². The van der Waals surface area contributed by atoms with E-state index in [-0.39, 0.29) is 11.9 Å². The van der Waals surface area contributed by atoms with Crippen LogP contribution in [0.3, 0.4) is 0 Å². The predicted molar refractivity (Wildman–Crippen MR) is 158 cm³/mol. The number of amides is 1. The van der Waals surface area contributed by atoms with Gasteiger partial charge in [-0.3, -0.25) is 14.3 Å². The molecule has 0 unspecified atom stereocenters. The van der Waals surface area contributed by atoms with E-state index < -0.39 is 0 Å². The summed E-state index contributed by atoms with van der Waals surface area (Å²) in [7, 11) is 0. The SMILES string of the molecule is Cc1ccc(-n2c(CN(C(=O)c3c(C)cc(C)cc3C)C(C)C)nc3cc(CN4CCOCC4)ccc32)cc1. The highest BCUT2D eigenvalue weighted by atomic mass is 16.5. The number of hydrogen-bond acceptors (Lipinski definition) is 4. The number of aromatic nitrogens is 2. The summed E-state index contributed by atoms with van der Waals surface area (Å²) in [6.07, 6.45) is 0. The number of carbonyl (C=O) groups excluding carboxylic acids is 1. The lowest BCUT2D eigenvalue weighted by Gasteiger charge is -2.28. The molecule has 5 rings (SSSR count). The van der Waals surface area contributed by atoms with Crippen LogP contribution in [0.5, 0.6) is 0 Å². The Hall–Kier alpha value is -3.48. The standard InChI is InChI=1S/C33H40N4O2/c1-22(2)36(33(38)32-25(5)17-24(4)18-26(32)6)21-31-34-29-19-27(20-35-13-15-39-16-14-35)9-12-30(29)37(31)28-10-7-23(3)8-11-28/h7-12,17-19,22H,13-16,20-21H2,1-6H3. The maximum absolute atomic E-state index is 14.0. The van der Waals surface area contributed by atoms with Crippen molar-refractivity contribution in [2.24, 2.45) is 0 Å². The summed E-state index contributed by atoms with van der Waals surface area (Å²) < 4.78 is 7.74. The lowest BCUT2D eigenvalue weighted by molar-refractivity contribution is 0.0342. The van der Waals surface area contributed by atoms with Crippen molar-refractivity contribution in [3.8, 4) is 5.69 Å². The van der Waals surface area contributed by atoms with E-state index in [1.165, 1.54) is 16.7 Å². The molecule has 1 aromatic heterocycles. The van der Waals surface area contributed by atoms with Crippen LogP contribution in [-0.2, 0) is 17.8 Å². The Morgan fingerprint density at radius 1 is 0.923 bits per heavy atom. The Labute approximate surface area is 232 Å². The zero-order valence-electron chi connectivity index (χ0n) is 24.1. The van der Waals surface area contributed by atoms with E-state index in [0.29, 0.717) is 6.54 Å². The lowest BCUT2D eigenvalue weighted by atomic mass is 9.98. The van der Waals surface area contributed by atoms with Crippen LogP contribution < -0.4 is 0 Å². The summed E-state index contributed by atoms with van der Waals surface area (Å²) in [5.74, 6) is 0.914. The summed E-state index contributed by atoms with van der Waals surface area (Å²) in [5.41, 5.74) is 9.51. The van der Waals surface area contributed by atoms with E-state index in [0.717, 1.165) is 72.1 Å². The second-order valence-corrected chi connectivity index (χ2v) is 11.2. The fourth-order valence-electron chi connectivity index (χ4n) is 5.68. The molecule has 0 saturated carbocycles. The molecular weight excluding hydrogens is 484 g/mol. The molecule has 4 aromatic rings. The molecular formula is C33H40N4O2. The second kappa shape index (κ2) is 11.3. The zero-order chi connectivity index (χ0) is 27.7. The minimum atomic E-state index is 0.0146. The first-order chi connectivity index (χ1) is 18.7. The predicted octanol–water partition coefficient (Wildman–Crippen LogP) is 6.14. The molecule has 0 N–H and O–H groups in total. The minimum absolute atomic E-state index is 0.0146. The van der Waals surface area contributed by atoms with E-state index >= 15 is 0 Å². The largest absolute Gasteiger partial charge is 0.379 e. The van der Waals surface area contributed by atoms with Crippen molar-refractivity contribution in [2.45, 2.75) is 60.7 Å². The van der Waals surface area contributed by atoms with Gasteiger partial charge < -0.3 is 9.64 Å². The molecule has 0 spiro atoms. The van der Waals surface area contributed by atoms with Gasteiger partial charge in [0.05, 0.1) is 30.8 Å². The van der Waals surface area contributed by atoms with E-state index in [1.807, 2.05) is 18.7 Å². The summed E-state index contributed by atoms with van der Waals surface area (Å²) in [5, 5.41) is 0. The van der Waals surface area contributed by atoms with E-state index in [4.69, 9.17) is 9.72 Å². The van der Waals surface area contributed by atoms with Crippen LogP contribution >= 0.6 is 0 Å². The van der Waals surface area contributed by atoms with Gasteiger partial charge in [-0.15, -0.1) is 0 Å². The molecule has 1 aliphatic rings.